The maximum Gasteiger partial charge on any atom is 0.155 e. The van der Waals surface area contributed by atoms with Gasteiger partial charge in [-0.15, -0.1) is 0 Å². The third-order valence-electron chi connectivity index (χ3n) is 8.76. The zero-order valence-corrected chi connectivity index (χ0v) is 16.3. The number of fused-ring (bicyclic) bond motifs is 5. The molecule has 4 aliphatic rings. The molecule has 4 rings (SSSR count). The van der Waals surface area contributed by atoms with Crippen LogP contribution in [-0.4, -0.2) is 31.1 Å². The van der Waals surface area contributed by atoms with E-state index in [9.17, 15) is 4.79 Å². The van der Waals surface area contributed by atoms with E-state index in [1.807, 2.05) is 0 Å². The number of hydroxylamine groups is 1. The van der Waals surface area contributed by atoms with Gasteiger partial charge in [-0.2, -0.15) is 5.48 Å². The van der Waals surface area contributed by atoms with Gasteiger partial charge in [0, 0.05) is 13.0 Å². The molecule has 0 bridgehead atoms. The van der Waals surface area contributed by atoms with Gasteiger partial charge >= 0.3 is 0 Å². The van der Waals surface area contributed by atoms with Crippen LogP contribution in [0.4, 0.5) is 4.39 Å². The van der Waals surface area contributed by atoms with Gasteiger partial charge in [0.25, 0.3) is 0 Å². The van der Waals surface area contributed by atoms with E-state index in [1.54, 1.807) is 0 Å². The summed E-state index contributed by atoms with van der Waals surface area (Å²) in [5, 5.41) is 0. The Labute approximate surface area is 156 Å². The summed E-state index contributed by atoms with van der Waals surface area (Å²) in [6, 6.07) is -0.823. The second-order valence-corrected chi connectivity index (χ2v) is 9.97. The molecule has 8 atom stereocenters. The van der Waals surface area contributed by atoms with Crippen molar-refractivity contribution < 1.29 is 14.0 Å². The van der Waals surface area contributed by atoms with Crippen molar-refractivity contribution >= 4 is 5.78 Å². The van der Waals surface area contributed by atoms with Gasteiger partial charge in [-0.25, -0.2) is 4.39 Å². The molecule has 26 heavy (non-hydrogen) atoms. The van der Waals surface area contributed by atoms with Crippen molar-refractivity contribution in [2.75, 3.05) is 13.2 Å². The predicted octanol–water partition coefficient (Wildman–Crippen LogP) is 3.39. The molecule has 3 unspecified atom stereocenters. The number of halogens is 1. The van der Waals surface area contributed by atoms with Crippen molar-refractivity contribution in [2.24, 2.45) is 40.2 Å². The molecule has 0 saturated heterocycles. The van der Waals surface area contributed by atoms with Crippen LogP contribution in [0, 0.1) is 34.5 Å². The molecule has 148 valence electrons. The van der Waals surface area contributed by atoms with Gasteiger partial charge in [0.05, 0.1) is 6.61 Å². The smallest absolute Gasteiger partial charge is 0.155 e. The number of rotatable bonds is 4. The minimum Gasteiger partial charge on any atom is -0.328 e. The summed E-state index contributed by atoms with van der Waals surface area (Å²) < 4.78 is 15.4. The zero-order valence-electron chi connectivity index (χ0n) is 16.3. The number of hydrogen-bond acceptors (Lipinski definition) is 4. The number of carbonyl (C=O) groups excluding carboxylic acids is 1. The highest BCUT2D eigenvalue weighted by atomic mass is 19.1. The van der Waals surface area contributed by atoms with Crippen molar-refractivity contribution in [3.05, 3.63) is 0 Å². The SMILES string of the molecule is C[C@@]12CCC[C@H]1[C@@H]1CCC3C(F)C(NOCCN)C(=O)C[C@]3(C)[C@@H]1CC2. The normalized spacial score (nSPS) is 50.8. The van der Waals surface area contributed by atoms with E-state index in [4.69, 9.17) is 10.6 Å². The lowest BCUT2D eigenvalue weighted by molar-refractivity contribution is -0.163. The van der Waals surface area contributed by atoms with Crippen LogP contribution in [0.5, 0.6) is 0 Å². The number of hydrogen-bond donors (Lipinski definition) is 2. The molecule has 3 N–H and O–H groups in total. The third kappa shape index (κ3) is 2.77. The molecule has 0 aromatic rings. The van der Waals surface area contributed by atoms with Crippen LogP contribution in [0.15, 0.2) is 0 Å². The molecule has 4 aliphatic carbocycles. The van der Waals surface area contributed by atoms with Gasteiger partial charge in [0.1, 0.15) is 12.2 Å². The maximum absolute atomic E-state index is 15.4. The summed E-state index contributed by atoms with van der Waals surface area (Å²) in [4.78, 5) is 18.0. The van der Waals surface area contributed by atoms with E-state index >= 15 is 4.39 Å². The molecule has 4 fully saturated rings. The number of ketones is 1. The fourth-order valence-corrected chi connectivity index (χ4v) is 7.50. The summed E-state index contributed by atoms with van der Waals surface area (Å²) in [5.41, 5.74) is 8.42. The van der Waals surface area contributed by atoms with E-state index < -0.39 is 12.2 Å². The van der Waals surface area contributed by atoms with Gasteiger partial charge in [0.15, 0.2) is 5.78 Å². The van der Waals surface area contributed by atoms with Crippen LogP contribution in [0.1, 0.15) is 65.2 Å². The van der Waals surface area contributed by atoms with Crippen LogP contribution in [0.25, 0.3) is 0 Å². The Morgan fingerprint density at radius 1 is 1.15 bits per heavy atom. The molecule has 5 heteroatoms. The highest BCUT2D eigenvalue weighted by Crippen LogP contribution is 2.66. The quantitative estimate of drug-likeness (QED) is 0.591. The lowest BCUT2D eigenvalue weighted by Crippen LogP contribution is -2.62. The number of nitrogens with one attached hydrogen (secondary N) is 1. The molecule has 0 amide bonds. The number of carbonyl (C=O) groups is 1. The van der Waals surface area contributed by atoms with Crippen molar-refractivity contribution in [1.29, 1.82) is 0 Å². The third-order valence-corrected chi connectivity index (χ3v) is 8.76. The standard InChI is InChI=1S/C21H35FN2O2/c1-20-8-3-4-14(20)13-5-6-16-18(22)19(24-26-11-10-23)17(25)12-21(16,2)15(13)7-9-20/h13-16,18-19,24H,3-12,23H2,1-2H3/t13-,14-,15+,16?,18?,19?,20-,21+/m0/s1. The van der Waals surface area contributed by atoms with Gasteiger partial charge < -0.3 is 5.73 Å². The summed E-state index contributed by atoms with van der Waals surface area (Å²) in [6.07, 6.45) is 7.85. The summed E-state index contributed by atoms with van der Waals surface area (Å²) in [5.74, 6) is 1.93. The first-order chi connectivity index (χ1) is 12.4. The fraction of sp³-hybridized carbons (Fsp3) is 0.952. The Morgan fingerprint density at radius 3 is 2.73 bits per heavy atom. The largest absolute Gasteiger partial charge is 0.328 e. The second-order valence-electron chi connectivity index (χ2n) is 9.97. The van der Waals surface area contributed by atoms with Gasteiger partial charge in [-0.3, -0.25) is 9.63 Å². The topological polar surface area (TPSA) is 64.3 Å². The molecular formula is C21H35FN2O2. The Hall–Kier alpha value is -0.520. The van der Waals surface area contributed by atoms with E-state index in [2.05, 4.69) is 19.3 Å². The summed E-state index contributed by atoms with van der Waals surface area (Å²) in [6.45, 7) is 5.35. The Morgan fingerprint density at radius 2 is 1.96 bits per heavy atom. The maximum atomic E-state index is 15.4. The molecule has 0 aromatic carbocycles. The van der Waals surface area contributed by atoms with Gasteiger partial charge in [-0.05, 0) is 73.0 Å². The van der Waals surface area contributed by atoms with E-state index in [1.165, 1.54) is 32.1 Å². The lowest BCUT2D eigenvalue weighted by Gasteiger charge is -2.60. The number of Topliss-reactive ketones (excluding diaryl/α,β-unsaturated/α-hetero) is 1. The second kappa shape index (κ2) is 6.82. The monoisotopic (exact) mass is 366 g/mol. The van der Waals surface area contributed by atoms with Crippen LogP contribution in [0.2, 0.25) is 0 Å². The molecule has 4 nitrogen and oxygen atoms in total. The first-order valence-electron chi connectivity index (χ1n) is 10.6. The summed E-state index contributed by atoms with van der Waals surface area (Å²) >= 11 is 0. The average molecular weight is 367 g/mol. The van der Waals surface area contributed by atoms with Gasteiger partial charge in [0.2, 0.25) is 0 Å². The zero-order chi connectivity index (χ0) is 18.5. The minimum absolute atomic E-state index is 0.0197. The van der Waals surface area contributed by atoms with Gasteiger partial charge in [-0.1, -0.05) is 20.3 Å². The Bertz CT molecular complexity index is 558. The van der Waals surface area contributed by atoms with Crippen molar-refractivity contribution in [2.45, 2.75) is 77.4 Å². The lowest BCUT2D eigenvalue weighted by atomic mass is 9.44. The molecule has 0 aromatic heterocycles. The number of nitrogens with two attached hydrogens (primary N) is 1. The first kappa shape index (κ1) is 18.8. The number of alkyl halides is 1. The average Bonchev–Trinajstić information content (AvgIpc) is 2.99. The molecule has 0 radical (unpaired) electrons. The van der Waals surface area contributed by atoms with Crippen LogP contribution in [-0.2, 0) is 9.63 Å². The van der Waals surface area contributed by atoms with Crippen molar-refractivity contribution in [3.63, 3.8) is 0 Å². The Balaban J connectivity index is 1.54. The molecule has 0 spiro atoms. The van der Waals surface area contributed by atoms with Crippen LogP contribution < -0.4 is 11.2 Å². The van der Waals surface area contributed by atoms with E-state index in [-0.39, 0.29) is 17.1 Å². The minimum atomic E-state index is -1.16. The molecule has 0 aliphatic heterocycles. The molecule has 4 saturated carbocycles. The van der Waals surface area contributed by atoms with Crippen LogP contribution >= 0.6 is 0 Å². The fourth-order valence-electron chi connectivity index (χ4n) is 7.50. The molecular weight excluding hydrogens is 331 g/mol. The first-order valence-corrected chi connectivity index (χ1v) is 10.6. The van der Waals surface area contributed by atoms with Crippen LogP contribution in [0.3, 0.4) is 0 Å². The molecule has 0 heterocycles. The van der Waals surface area contributed by atoms with E-state index in [0.717, 1.165) is 18.8 Å². The van der Waals surface area contributed by atoms with Crippen molar-refractivity contribution in [1.82, 2.24) is 5.48 Å². The highest BCUT2D eigenvalue weighted by molar-refractivity contribution is 5.86. The summed E-state index contributed by atoms with van der Waals surface area (Å²) in [7, 11) is 0. The highest BCUT2D eigenvalue weighted by Gasteiger charge is 2.61. The van der Waals surface area contributed by atoms with E-state index in [0.29, 0.717) is 36.8 Å². The van der Waals surface area contributed by atoms with Crippen molar-refractivity contribution in [3.8, 4) is 0 Å². The predicted molar refractivity (Wildman–Crippen MR) is 98.9 cm³/mol. The Kier molecular flexibility index (Phi) is 4.94.